The average molecular weight is 226 g/mol. The number of rotatable bonds is 6. The molecule has 0 amide bonds. The Hall–Kier alpha value is -1.56. The predicted octanol–water partition coefficient (Wildman–Crippen LogP) is 5.14. The first-order chi connectivity index (χ1) is 8.43. The van der Waals surface area contributed by atoms with Gasteiger partial charge in [0.15, 0.2) is 0 Å². The molecule has 0 fully saturated rings. The van der Waals surface area contributed by atoms with Crippen LogP contribution in [0.2, 0.25) is 0 Å². The van der Waals surface area contributed by atoms with E-state index in [0.29, 0.717) is 5.92 Å². The Balaban J connectivity index is 2.15. The van der Waals surface area contributed by atoms with Crippen molar-refractivity contribution in [2.24, 2.45) is 5.92 Å². The van der Waals surface area contributed by atoms with Gasteiger partial charge in [0.25, 0.3) is 0 Å². The van der Waals surface area contributed by atoms with Crippen molar-refractivity contribution in [3.8, 4) is 0 Å². The van der Waals surface area contributed by atoms with Crippen LogP contribution in [0.1, 0.15) is 26.2 Å². The maximum Gasteiger partial charge on any atom is -0.00127 e. The Morgan fingerprint density at radius 1 is 0.765 bits per heavy atom. The molecule has 0 heterocycles. The minimum atomic E-state index is 0.549. The molecule has 0 heteroatoms. The van der Waals surface area contributed by atoms with Crippen LogP contribution in [-0.2, 0) is 0 Å². The summed E-state index contributed by atoms with van der Waals surface area (Å²) in [6, 6.07) is 0. The molecule has 0 spiro atoms. The van der Waals surface area contributed by atoms with Crippen LogP contribution in [-0.4, -0.2) is 0 Å². The minimum Gasteiger partial charge on any atom is -0.0914 e. The van der Waals surface area contributed by atoms with Gasteiger partial charge in [-0.05, 0) is 32.1 Å². The molecule has 1 rings (SSSR count). The quantitative estimate of drug-likeness (QED) is 0.550. The molecule has 1 aliphatic rings. The largest absolute Gasteiger partial charge is 0.0914 e. The zero-order valence-electron chi connectivity index (χ0n) is 10.6. The normalized spacial score (nSPS) is 16.8. The van der Waals surface area contributed by atoms with Crippen LogP contribution >= 0.6 is 0 Å². The van der Waals surface area contributed by atoms with E-state index in [0.717, 1.165) is 19.3 Å². The third-order valence-corrected chi connectivity index (χ3v) is 2.57. The van der Waals surface area contributed by atoms with Crippen molar-refractivity contribution < 1.29 is 0 Å². The van der Waals surface area contributed by atoms with Gasteiger partial charge in [0.2, 0.25) is 0 Å². The lowest BCUT2D eigenvalue weighted by Crippen LogP contribution is -1.87. The lowest BCUT2D eigenvalue weighted by atomic mass is 10.0. The fraction of sp³-hybridized carbons (Fsp3) is 0.294. The van der Waals surface area contributed by atoms with E-state index in [1.807, 2.05) is 0 Å². The average Bonchev–Trinajstić information content (AvgIpc) is 2.61. The number of hydrogen-bond donors (Lipinski definition) is 0. The molecule has 1 aliphatic carbocycles. The summed E-state index contributed by atoms with van der Waals surface area (Å²) >= 11 is 0. The predicted molar refractivity (Wildman–Crippen MR) is 77.9 cm³/mol. The second-order valence-corrected chi connectivity index (χ2v) is 4.04. The molecule has 0 aliphatic heterocycles. The Labute approximate surface area is 105 Å². The third kappa shape index (κ3) is 7.35. The van der Waals surface area contributed by atoms with Crippen LogP contribution in [0.5, 0.6) is 0 Å². The lowest BCUT2D eigenvalue weighted by molar-refractivity contribution is 0.831. The number of hydrogen-bond acceptors (Lipinski definition) is 0. The fourth-order valence-electron chi connectivity index (χ4n) is 1.60. The maximum absolute atomic E-state index is 2.27. The minimum absolute atomic E-state index is 0.549. The van der Waals surface area contributed by atoms with Crippen molar-refractivity contribution in [2.45, 2.75) is 26.2 Å². The van der Waals surface area contributed by atoms with E-state index >= 15 is 0 Å². The third-order valence-electron chi connectivity index (χ3n) is 2.57. The van der Waals surface area contributed by atoms with Crippen molar-refractivity contribution in [3.05, 3.63) is 72.9 Å². The summed E-state index contributed by atoms with van der Waals surface area (Å²) in [5, 5.41) is 0. The Morgan fingerprint density at radius 2 is 1.35 bits per heavy atom. The Kier molecular flexibility index (Phi) is 7.67. The van der Waals surface area contributed by atoms with Crippen molar-refractivity contribution in [2.75, 3.05) is 0 Å². The van der Waals surface area contributed by atoms with Gasteiger partial charge in [-0.15, -0.1) is 0 Å². The molecule has 0 N–H and O–H groups in total. The van der Waals surface area contributed by atoms with Gasteiger partial charge in [0.1, 0.15) is 0 Å². The van der Waals surface area contributed by atoms with E-state index in [1.165, 1.54) is 0 Å². The van der Waals surface area contributed by atoms with E-state index < -0.39 is 0 Å². The molecule has 0 saturated carbocycles. The van der Waals surface area contributed by atoms with Crippen molar-refractivity contribution in [1.29, 1.82) is 0 Å². The molecule has 0 bridgehead atoms. The van der Waals surface area contributed by atoms with Crippen LogP contribution < -0.4 is 0 Å². The van der Waals surface area contributed by atoms with E-state index in [9.17, 15) is 0 Å². The van der Waals surface area contributed by atoms with Crippen LogP contribution in [0, 0.1) is 5.92 Å². The summed E-state index contributed by atoms with van der Waals surface area (Å²) in [6.07, 6.45) is 29.2. The fourth-order valence-corrected chi connectivity index (χ4v) is 1.60. The molecule has 0 unspecified atom stereocenters. The highest BCUT2D eigenvalue weighted by molar-refractivity contribution is 5.20. The summed E-state index contributed by atoms with van der Waals surface area (Å²) in [7, 11) is 0. The second kappa shape index (κ2) is 9.65. The van der Waals surface area contributed by atoms with Crippen LogP contribution in [0.3, 0.4) is 0 Å². The van der Waals surface area contributed by atoms with Crippen LogP contribution in [0.15, 0.2) is 72.9 Å². The molecule has 0 atom stereocenters. The first-order valence-electron chi connectivity index (χ1n) is 6.36. The van der Waals surface area contributed by atoms with Crippen molar-refractivity contribution in [3.63, 3.8) is 0 Å². The van der Waals surface area contributed by atoms with E-state index in [1.54, 1.807) is 0 Å². The van der Waals surface area contributed by atoms with Crippen LogP contribution in [0.4, 0.5) is 0 Å². The van der Waals surface area contributed by atoms with Crippen LogP contribution in [0.25, 0.3) is 0 Å². The van der Waals surface area contributed by atoms with E-state index in [2.05, 4.69) is 79.8 Å². The summed E-state index contributed by atoms with van der Waals surface area (Å²) in [4.78, 5) is 0. The zero-order valence-corrected chi connectivity index (χ0v) is 10.6. The lowest BCUT2D eigenvalue weighted by Gasteiger charge is -2.01. The summed E-state index contributed by atoms with van der Waals surface area (Å²) < 4.78 is 0. The van der Waals surface area contributed by atoms with Gasteiger partial charge in [-0.2, -0.15) is 0 Å². The number of allylic oxidation sites excluding steroid dienone is 12. The molecule has 0 aromatic rings. The van der Waals surface area contributed by atoms with Gasteiger partial charge >= 0.3 is 0 Å². The van der Waals surface area contributed by atoms with Gasteiger partial charge in [0, 0.05) is 0 Å². The van der Waals surface area contributed by atoms with Gasteiger partial charge in [0.05, 0.1) is 0 Å². The molecule has 17 heavy (non-hydrogen) atoms. The molecule has 0 radical (unpaired) electrons. The highest BCUT2D eigenvalue weighted by Crippen LogP contribution is 2.11. The SMILES string of the molecule is C/C=C\C/C=C\C/C=C\CC1C=CC=CC=C1. The van der Waals surface area contributed by atoms with Crippen molar-refractivity contribution >= 4 is 0 Å². The summed E-state index contributed by atoms with van der Waals surface area (Å²) in [6.45, 7) is 2.05. The smallest absolute Gasteiger partial charge is 0.00127 e. The summed E-state index contributed by atoms with van der Waals surface area (Å²) in [5.41, 5.74) is 0. The monoisotopic (exact) mass is 226 g/mol. The standard InChI is InChI=1S/C17H22/c1-2-3-4-5-6-7-8-11-14-17-15-12-9-10-13-16-17/h2-3,5-6,8-13,15-17H,4,7,14H2,1H3/b3-2-,6-5-,11-8-. The van der Waals surface area contributed by atoms with Crippen molar-refractivity contribution in [1.82, 2.24) is 0 Å². The molecular formula is C17H22. The molecule has 0 aromatic carbocycles. The van der Waals surface area contributed by atoms with E-state index in [4.69, 9.17) is 0 Å². The van der Waals surface area contributed by atoms with Gasteiger partial charge in [-0.1, -0.05) is 72.9 Å². The van der Waals surface area contributed by atoms with Gasteiger partial charge in [-0.3, -0.25) is 0 Å². The zero-order chi connectivity index (χ0) is 12.2. The second-order valence-electron chi connectivity index (χ2n) is 4.04. The highest BCUT2D eigenvalue weighted by Gasteiger charge is 1.96. The molecule has 0 nitrogen and oxygen atoms in total. The Bertz CT molecular complexity index is 332. The topological polar surface area (TPSA) is 0 Å². The summed E-state index contributed by atoms with van der Waals surface area (Å²) in [5.74, 6) is 0.549. The Morgan fingerprint density at radius 3 is 2.00 bits per heavy atom. The maximum atomic E-state index is 2.27. The van der Waals surface area contributed by atoms with Gasteiger partial charge < -0.3 is 0 Å². The molecule has 90 valence electrons. The molecule has 0 aromatic heterocycles. The van der Waals surface area contributed by atoms with E-state index in [-0.39, 0.29) is 0 Å². The highest BCUT2D eigenvalue weighted by atomic mass is 14.0. The van der Waals surface area contributed by atoms with Gasteiger partial charge in [-0.25, -0.2) is 0 Å². The molecular weight excluding hydrogens is 204 g/mol. The molecule has 0 saturated heterocycles. The first kappa shape index (κ1) is 13.5. The first-order valence-corrected chi connectivity index (χ1v) is 6.36.